The number of fused-ring (bicyclic) bond motifs is 2. The van der Waals surface area contributed by atoms with Gasteiger partial charge in [-0.2, -0.15) is 0 Å². The highest BCUT2D eigenvalue weighted by molar-refractivity contribution is 5.91. The van der Waals surface area contributed by atoms with E-state index in [4.69, 9.17) is 15.7 Å². The molecule has 0 bridgehead atoms. The fraction of sp³-hybridized carbons (Fsp3) is 0.344. The van der Waals surface area contributed by atoms with E-state index in [1.807, 2.05) is 24.4 Å². The SMILES string of the molecule is CN1CCC(N(C)C2CC(c3nc(-c4ccc5ccc(-c6ccccc6)nc5c4)c4c(N)nccn34)C2)CC1. The molecule has 198 valence electrons. The summed E-state index contributed by atoms with van der Waals surface area (Å²) in [6, 6.07) is 22.2. The highest BCUT2D eigenvalue weighted by Gasteiger charge is 2.39. The maximum Gasteiger partial charge on any atom is 0.150 e. The Hall–Kier alpha value is -3.81. The number of anilines is 1. The Labute approximate surface area is 229 Å². The van der Waals surface area contributed by atoms with Gasteiger partial charge in [-0.25, -0.2) is 15.0 Å². The van der Waals surface area contributed by atoms with Crippen LogP contribution >= 0.6 is 0 Å². The molecule has 2 aliphatic rings. The van der Waals surface area contributed by atoms with Crippen LogP contribution in [0.25, 0.3) is 38.9 Å². The first-order chi connectivity index (χ1) is 19.0. The van der Waals surface area contributed by atoms with E-state index in [1.165, 1.54) is 25.9 Å². The minimum atomic E-state index is 0.412. The van der Waals surface area contributed by atoms with Crippen LogP contribution in [-0.4, -0.2) is 68.4 Å². The summed E-state index contributed by atoms with van der Waals surface area (Å²) in [5, 5.41) is 1.10. The van der Waals surface area contributed by atoms with E-state index in [1.54, 1.807) is 6.20 Å². The van der Waals surface area contributed by atoms with Crippen molar-refractivity contribution in [3.8, 4) is 22.5 Å². The molecule has 1 saturated heterocycles. The Morgan fingerprint density at radius 3 is 2.46 bits per heavy atom. The van der Waals surface area contributed by atoms with E-state index in [-0.39, 0.29) is 0 Å². The van der Waals surface area contributed by atoms with Gasteiger partial charge in [0.2, 0.25) is 0 Å². The number of benzene rings is 2. The largest absolute Gasteiger partial charge is 0.382 e. The van der Waals surface area contributed by atoms with Crippen LogP contribution in [0.15, 0.2) is 73.1 Å². The Balaban J connectivity index is 1.21. The normalized spacial score (nSPS) is 20.6. The molecular formula is C32H35N7. The minimum absolute atomic E-state index is 0.412. The predicted molar refractivity (Wildman–Crippen MR) is 158 cm³/mol. The van der Waals surface area contributed by atoms with Crippen LogP contribution in [0.5, 0.6) is 0 Å². The van der Waals surface area contributed by atoms with Crippen molar-refractivity contribution in [3.63, 3.8) is 0 Å². The highest BCUT2D eigenvalue weighted by atomic mass is 15.2. The highest BCUT2D eigenvalue weighted by Crippen LogP contribution is 2.42. The molecule has 7 rings (SSSR count). The van der Waals surface area contributed by atoms with Crippen molar-refractivity contribution in [1.29, 1.82) is 0 Å². The maximum absolute atomic E-state index is 6.46. The van der Waals surface area contributed by atoms with Crippen LogP contribution in [0.2, 0.25) is 0 Å². The van der Waals surface area contributed by atoms with Gasteiger partial charge in [0.15, 0.2) is 0 Å². The second kappa shape index (κ2) is 9.74. The van der Waals surface area contributed by atoms with Crippen molar-refractivity contribution in [2.24, 2.45) is 0 Å². The van der Waals surface area contributed by atoms with Gasteiger partial charge < -0.3 is 15.5 Å². The number of hydrogen-bond donors (Lipinski definition) is 1. The van der Waals surface area contributed by atoms with Crippen molar-refractivity contribution in [3.05, 3.63) is 78.9 Å². The van der Waals surface area contributed by atoms with Crippen LogP contribution in [0.1, 0.15) is 37.4 Å². The summed E-state index contributed by atoms with van der Waals surface area (Å²) >= 11 is 0. The predicted octanol–water partition coefficient (Wildman–Crippen LogP) is 5.47. The zero-order chi connectivity index (χ0) is 26.5. The molecule has 1 aliphatic heterocycles. The average molecular weight is 518 g/mol. The first kappa shape index (κ1) is 24.2. The summed E-state index contributed by atoms with van der Waals surface area (Å²) in [6.07, 6.45) is 8.57. The number of piperidine rings is 1. The fourth-order valence-corrected chi connectivity index (χ4v) is 6.44. The molecule has 7 heteroatoms. The summed E-state index contributed by atoms with van der Waals surface area (Å²) in [5.74, 6) is 2.01. The summed E-state index contributed by atoms with van der Waals surface area (Å²) < 4.78 is 2.17. The van der Waals surface area contributed by atoms with Gasteiger partial charge in [-0.3, -0.25) is 4.40 Å². The lowest BCUT2D eigenvalue weighted by atomic mass is 9.78. The molecule has 0 unspecified atom stereocenters. The second-order valence-electron chi connectivity index (χ2n) is 11.3. The molecular weight excluding hydrogens is 482 g/mol. The van der Waals surface area contributed by atoms with E-state index >= 15 is 0 Å². The number of aromatic nitrogens is 4. The third-order valence-corrected chi connectivity index (χ3v) is 8.96. The Bertz CT molecular complexity index is 1630. The molecule has 39 heavy (non-hydrogen) atoms. The van der Waals surface area contributed by atoms with E-state index in [2.05, 4.69) is 75.7 Å². The van der Waals surface area contributed by atoms with E-state index in [9.17, 15) is 0 Å². The summed E-state index contributed by atoms with van der Waals surface area (Å²) in [6.45, 7) is 2.39. The molecule has 3 aromatic heterocycles. The third kappa shape index (κ3) is 4.36. The number of nitrogens with zero attached hydrogens (tertiary/aromatic N) is 6. The number of pyridine rings is 1. The maximum atomic E-state index is 6.46. The van der Waals surface area contributed by atoms with E-state index in [0.29, 0.717) is 23.8 Å². The average Bonchev–Trinajstić information content (AvgIpc) is 3.33. The van der Waals surface area contributed by atoms with Gasteiger partial charge in [0.1, 0.15) is 22.9 Å². The van der Waals surface area contributed by atoms with Gasteiger partial charge in [0, 0.05) is 46.9 Å². The van der Waals surface area contributed by atoms with Crippen LogP contribution in [0.4, 0.5) is 5.82 Å². The Kier molecular flexibility index (Phi) is 6.05. The number of nitrogens with two attached hydrogens (primary N) is 1. The molecule has 7 nitrogen and oxygen atoms in total. The third-order valence-electron chi connectivity index (χ3n) is 8.96. The number of likely N-dealkylation sites (tertiary alicyclic amines) is 1. The lowest BCUT2D eigenvalue weighted by Crippen LogP contribution is -2.50. The van der Waals surface area contributed by atoms with Crippen LogP contribution in [0.3, 0.4) is 0 Å². The van der Waals surface area contributed by atoms with Gasteiger partial charge in [-0.05, 0) is 65.0 Å². The van der Waals surface area contributed by atoms with Crippen LogP contribution in [-0.2, 0) is 0 Å². The molecule has 5 aromatic rings. The molecule has 1 aliphatic carbocycles. The zero-order valence-electron chi connectivity index (χ0n) is 22.7. The van der Waals surface area contributed by atoms with Crippen molar-refractivity contribution < 1.29 is 0 Å². The van der Waals surface area contributed by atoms with Crippen molar-refractivity contribution in [2.75, 3.05) is 32.9 Å². The first-order valence-corrected chi connectivity index (χ1v) is 14.0. The smallest absolute Gasteiger partial charge is 0.150 e. The number of imidazole rings is 1. The minimum Gasteiger partial charge on any atom is -0.382 e. The number of rotatable bonds is 5. The molecule has 2 aromatic carbocycles. The molecule has 0 spiro atoms. The standard InChI is InChI=1S/C32H35N7/c1-37-15-12-25(13-16-37)38(2)26-18-24(19-26)32-36-29(30-31(33)34-14-17-39(30)32)23-9-8-22-10-11-27(35-28(22)20-23)21-6-4-3-5-7-21/h3-11,14,17,20,24-26H,12-13,15-16,18-19H2,1-2H3,(H2,33,34). The lowest BCUT2D eigenvalue weighted by molar-refractivity contribution is 0.0571. The van der Waals surface area contributed by atoms with Gasteiger partial charge in [0.25, 0.3) is 0 Å². The number of hydrogen-bond acceptors (Lipinski definition) is 6. The number of nitrogen functional groups attached to an aromatic ring is 1. The first-order valence-electron chi connectivity index (χ1n) is 14.0. The van der Waals surface area contributed by atoms with E-state index < -0.39 is 0 Å². The fourth-order valence-electron chi connectivity index (χ4n) is 6.44. The van der Waals surface area contributed by atoms with Gasteiger partial charge in [0.05, 0.1) is 11.2 Å². The van der Waals surface area contributed by atoms with Crippen molar-refractivity contribution in [2.45, 2.75) is 43.7 Å². The van der Waals surface area contributed by atoms with Gasteiger partial charge in [-0.15, -0.1) is 0 Å². The molecule has 2 N–H and O–H groups in total. The van der Waals surface area contributed by atoms with Crippen molar-refractivity contribution in [1.82, 2.24) is 29.2 Å². The summed E-state index contributed by atoms with van der Waals surface area (Å²) in [5.41, 5.74) is 12.3. The lowest BCUT2D eigenvalue weighted by Gasteiger charge is -2.46. The zero-order valence-corrected chi connectivity index (χ0v) is 22.7. The Morgan fingerprint density at radius 2 is 1.67 bits per heavy atom. The van der Waals surface area contributed by atoms with E-state index in [0.717, 1.165) is 57.6 Å². The molecule has 2 fully saturated rings. The van der Waals surface area contributed by atoms with Gasteiger partial charge >= 0.3 is 0 Å². The Morgan fingerprint density at radius 1 is 0.897 bits per heavy atom. The van der Waals surface area contributed by atoms with Gasteiger partial charge in [-0.1, -0.05) is 48.5 Å². The monoisotopic (exact) mass is 517 g/mol. The summed E-state index contributed by atoms with van der Waals surface area (Å²) in [7, 11) is 4.55. The second-order valence-corrected chi connectivity index (χ2v) is 11.3. The summed E-state index contributed by atoms with van der Waals surface area (Å²) in [4.78, 5) is 19.7. The molecule has 1 saturated carbocycles. The molecule has 0 amide bonds. The quantitative estimate of drug-likeness (QED) is 0.333. The molecule has 0 atom stereocenters. The molecule has 4 heterocycles. The molecule has 0 radical (unpaired) electrons. The van der Waals surface area contributed by atoms with Crippen molar-refractivity contribution >= 4 is 22.2 Å². The topological polar surface area (TPSA) is 75.6 Å². The van der Waals surface area contributed by atoms with Crippen LogP contribution < -0.4 is 5.73 Å². The van der Waals surface area contributed by atoms with Crippen LogP contribution in [0, 0.1) is 0 Å².